The van der Waals surface area contributed by atoms with Gasteiger partial charge >= 0.3 is 0 Å². The fourth-order valence-electron chi connectivity index (χ4n) is 4.55. The summed E-state index contributed by atoms with van der Waals surface area (Å²) in [7, 11) is 0. The van der Waals surface area contributed by atoms with E-state index in [0.29, 0.717) is 37.1 Å². The molecule has 3 heterocycles. The smallest absolute Gasteiger partial charge is 0.225 e. The lowest BCUT2D eigenvalue weighted by atomic mass is 9.96. The molecule has 0 spiro atoms. The van der Waals surface area contributed by atoms with Gasteiger partial charge in [-0.3, -0.25) is 9.59 Å². The first-order chi connectivity index (χ1) is 17.3. The van der Waals surface area contributed by atoms with Gasteiger partial charge in [0.15, 0.2) is 0 Å². The first-order valence-corrected chi connectivity index (χ1v) is 12.7. The maximum absolute atomic E-state index is 13.3. The number of hydrogen-bond acceptors (Lipinski definition) is 7. The number of aromatic nitrogens is 2. The Morgan fingerprint density at radius 3 is 2.50 bits per heavy atom. The van der Waals surface area contributed by atoms with Crippen LogP contribution in [0.25, 0.3) is 0 Å². The molecule has 9 nitrogen and oxygen atoms in total. The molecule has 0 radical (unpaired) electrons. The van der Waals surface area contributed by atoms with Crippen LogP contribution < -0.4 is 4.74 Å². The third-order valence-electron chi connectivity index (χ3n) is 6.63. The van der Waals surface area contributed by atoms with Crippen molar-refractivity contribution >= 4 is 11.8 Å². The third kappa shape index (κ3) is 6.81. The standard InChI is InChI=1S/C26H35FN4O5/c1-19(2)25-29-28-22(36-25)10-11-23(32)31-14-15-35-26(17-31,16-24(33)30-12-4-3-5-13-30)18-34-21-8-6-20(27)7-9-21/h6-9,19H,3-5,10-18H2,1-2H3. The van der Waals surface area contributed by atoms with Crippen molar-refractivity contribution in [2.24, 2.45) is 0 Å². The molecule has 0 aliphatic carbocycles. The van der Waals surface area contributed by atoms with Crippen LogP contribution in [0.2, 0.25) is 0 Å². The van der Waals surface area contributed by atoms with Crippen LogP contribution in [0.1, 0.15) is 63.7 Å². The topological polar surface area (TPSA) is 98.0 Å². The van der Waals surface area contributed by atoms with Crippen molar-refractivity contribution in [2.45, 2.75) is 63.9 Å². The number of benzene rings is 1. The summed E-state index contributed by atoms with van der Waals surface area (Å²) < 4.78 is 31.1. The van der Waals surface area contributed by atoms with Crippen LogP contribution in [0.3, 0.4) is 0 Å². The number of halogens is 1. The normalized spacial score (nSPS) is 20.6. The minimum absolute atomic E-state index is 0.00113. The van der Waals surface area contributed by atoms with Gasteiger partial charge in [-0.25, -0.2) is 4.39 Å². The van der Waals surface area contributed by atoms with Gasteiger partial charge in [0.05, 0.1) is 19.6 Å². The van der Waals surface area contributed by atoms with Crippen molar-refractivity contribution in [2.75, 3.05) is 39.4 Å². The van der Waals surface area contributed by atoms with Crippen LogP contribution in [-0.4, -0.2) is 76.8 Å². The number of carbonyl (C=O) groups is 2. The monoisotopic (exact) mass is 502 g/mol. The molecule has 1 aromatic carbocycles. The highest BCUT2D eigenvalue weighted by Crippen LogP contribution is 2.27. The zero-order chi connectivity index (χ0) is 25.5. The second-order valence-corrected chi connectivity index (χ2v) is 9.90. The average molecular weight is 503 g/mol. The summed E-state index contributed by atoms with van der Waals surface area (Å²) in [5, 5.41) is 8.06. The molecular weight excluding hydrogens is 467 g/mol. The molecule has 2 aromatic rings. The number of carbonyl (C=O) groups excluding carboxylic acids is 2. The number of piperidine rings is 1. The summed E-state index contributed by atoms with van der Waals surface area (Å²) in [6.45, 7) is 6.43. The van der Waals surface area contributed by atoms with Gasteiger partial charge in [0.1, 0.15) is 23.8 Å². The van der Waals surface area contributed by atoms with E-state index in [-0.39, 0.29) is 49.5 Å². The molecule has 2 amide bonds. The van der Waals surface area contributed by atoms with Crippen LogP contribution in [0, 0.1) is 5.82 Å². The highest BCUT2D eigenvalue weighted by atomic mass is 19.1. The molecule has 0 N–H and O–H groups in total. The molecule has 2 saturated heterocycles. The molecule has 196 valence electrons. The molecule has 4 rings (SSSR count). The van der Waals surface area contributed by atoms with Crippen LogP contribution in [0.15, 0.2) is 28.7 Å². The van der Waals surface area contributed by atoms with Gasteiger partial charge in [0.25, 0.3) is 0 Å². The summed E-state index contributed by atoms with van der Waals surface area (Å²) >= 11 is 0. The molecule has 0 saturated carbocycles. The summed E-state index contributed by atoms with van der Waals surface area (Å²) in [5.41, 5.74) is -0.994. The number of aryl methyl sites for hydroxylation is 1. The van der Waals surface area contributed by atoms with Gasteiger partial charge in [0, 0.05) is 38.4 Å². The van der Waals surface area contributed by atoms with E-state index in [1.807, 2.05) is 18.7 Å². The van der Waals surface area contributed by atoms with Gasteiger partial charge in [-0.2, -0.15) is 0 Å². The zero-order valence-corrected chi connectivity index (χ0v) is 21.1. The third-order valence-corrected chi connectivity index (χ3v) is 6.63. The predicted molar refractivity (Wildman–Crippen MR) is 129 cm³/mol. The van der Waals surface area contributed by atoms with Crippen LogP contribution in [0.4, 0.5) is 4.39 Å². The fraction of sp³-hybridized carbons (Fsp3) is 0.615. The Bertz CT molecular complexity index is 1020. The Balaban J connectivity index is 1.43. The molecule has 10 heteroatoms. The van der Waals surface area contributed by atoms with Crippen LogP contribution >= 0.6 is 0 Å². The van der Waals surface area contributed by atoms with Crippen molar-refractivity contribution in [3.05, 3.63) is 41.9 Å². The molecule has 1 unspecified atom stereocenters. The van der Waals surface area contributed by atoms with E-state index >= 15 is 0 Å². The first-order valence-electron chi connectivity index (χ1n) is 12.7. The Morgan fingerprint density at radius 2 is 1.81 bits per heavy atom. The van der Waals surface area contributed by atoms with Crippen molar-refractivity contribution < 1.29 is 27.9 Å². The highest BCUT2D eigenvalue weighted by Gasteiger charge is 2.42. The summed E-state index contributed by atoms with van der Waals surface area (Å²) in [6.07, 6.45) is 3.78. The number of amides is 2. The number of nitrogens with zero attached hydrogens (tertiary/aromatic N) is 4. The van der Waals surface area contributed by atoms with Crippen LogP contribution in [-0.2, 0) is 20.7 Å². The molecular formula is C26H35FN4O5. The molecule has 1 atom stereocenters. The second-order valence-electron chi connectivity index (χ2n) is 9.90. The van der Waals surface area contributed by atoms with Gasteiger partial charge in [-0.05, 0) is 43.5 Å². The van der Waals surface area contributed by atoms with Crippen molar-refractivity contribution in [1.29, 1.82) is 0 Å². The molecule has 0 bridgehead atoms. The minimum Gasteiger partial charge on any atom is -0.490 e. The number of likely N-dealkylation sites (tertiary alicyclic amines) is 1. The summed E-state index contributed by atoms with van der Waals surface area (Å²) in [5.74, 6) is 1.16. The lowest BCUT2D eigenvalue weighted by molar-refractivity contribution is -0.166. The van der Waals surface area contributed by atoms with Crippen molar-refractivity contribution in [3.8, 4) is 5.75 Å². The van der Waals surface area contributed by atoms with E-state index in [2.05, 4.69) is 10.2 Å². The van der Waals surface area contributed by atoms with E-state index in [1.165, 1.54) is 24.3 Å². The number of rotatable bonds is 9. The number of morpholine rings is 1. The Labute approximate surface area is 210 Å². The van der Waals surface area contributed by atoms with Crippen molar-refractivity contribution in [1.82, 2.24) is 20.0 Å². The van der Waals surface area contributed by atoms with E-state index in [9.17, 15) is 14.0 Å². The molecule has 2 aliphatic rings. The highest BCUT2D eigenvalue weighted by molar-refractivity contribution is 5.79. The maximum atomic E-state index is 13.3. The second kappa shape index (κ2) is 11.8. The Kier molecular flexibility index (Phi) is 8.56. The Hall–Kier alpha value is -3.01. The predicted octanol–water partition coefficient (Wildman–Crippen LogP) is 3.34. The molecule has 36 heavy (non-hydrogen) atoms. The van der Waals surface area contributed by atoms with E-state index in [1.54, 1.807) is 4.90 Å². The lowest BCUT2D eigenvalue weighted by Crippen LogP contribution is -2.58. The lowest BCUT2D eigenvalue weighted by Gasteiger charge is -2.43. The van der Waals surface area contributed by atoms with Gasteiger partial charge in [-0.1, -0.05) is 13.8 Å². The van der Waals surface area contributed by atoms with Crippen LogP contribution in [0.5, 0.6) is 5.75 Å². The quantitative estimate of drug-likeness (QED) is 0.519. The van der Waals surface area contributed by atoms with Gasteiger partial charge in [0.2, 0.25) is 23.6 Å². The van der Waals surface area contributed by atoms with E-state index < -0.39 is 5.60 Å². The molecule has 2 fully saturated rings. The minimum atomic E-state index is -0.994. The molecule has 2 aliphatic heterocycles. The molecule has 1 aromatic heterocycles. The number of ether oxygens (including phenoxy) is 2. The largest absolute Gasteiger partial charge is 0.490 e. The first kappa shape index (κ1) is 26.1. The SMILES string of the molecule is CC(C)c1nnc(CCC(=O)N2CCOC(COc3ccc(F)cc3)(CC(=O)N3CCCCC3)C2)o1. The fourth-order valence-corrected chi connectivity index (χ4v) is 4.55. The summed E-state index contributed by atoms with van der Waals surface area (Å²) in [4.78, 5) is 29.9. The Morgan fingerprint density at radius 1 is 1.06 bits per heavy atom. The van der Waals surface area contributed by atoms with E-state index in [4.69, 9.17) is 13.9 Å². The average Bonchev–Trinajstić information content (AvgIpc) is 3.37. The van der Waals surface area contributed by atoms with Gasteiger partial charge < -0.3 is 23.7 Å². The number of hydrogen-bond donors (Lipinski definition) is 0. The summed E-state index contributed by atoms with van der Waals surface area (Å²) in [6, 6.07) is 5.72. The van der Waals surface area contributed by atoms with E-state index in [0.717, 1.165) is 32.4 Å². The zero-order valence-electron chi connectivity index (χ0n) is 21.1. The maximum Gasteiger partial charge on any atom is 0.225 e. The van der Waals surface area contributed by atoms with Crippen molar-refractivity contribution in [3.63, 3.8) is 0 Å². The van der Waals surface area contributed by atoms with Gasteiger partial charge in [-0.15, -0.1) is 10.2 Å².